The number of rotatable bonds is 2. The lowest BCUT2D eigenvalue weighted by Gasteiger charge is -2.57. The standard InChI is InChI=1S/C18H17BrN2O3/c19-12-3-1-4-13-15(12)24-17(20-13)21-11-18(6-9-22-10-7-18)16(21)14-5-2-8-23-14/h1-5,8,16H,6-7,9-11H2. The average Bonchev–Trinajstić information content (AvgIpc) is 3.24. The molecule has 3 aromatic rings. The predicted molar refractivity (Wildman–Crippen MR) is 93.0 cm³/mol. The Bertz CT molecular complexity index is 868. The fraction of sp³-hybridized carbons (Fsp3) is 0.389. The SMILES string of the molecule is Brc1cccc2nc(N3CC4(CCOCC4)C3c3ccco3)oc12. The van der Waals surface area contributed by atoms with Crippen LogP contribution in [0.15, 0.2) is 49.9 Å². The Hall–Kier alpha value is -1.79. The summed E-state index contributed by atoms with van der Waals surface area (Å²) in [6.07, 6.45) is 3.82. The third-order valence-corrected chi connectivity index (χ3v) is 5.90. The van der Waals surface area contributed by atoms with Crippen LogP contribution in [0.4, 0.5) is 6.01 Å². The van der Waals surface area contributed by atoms with Crippen LogP contribution in [0.25, 0.3) is 11.1 Å². The summed E-state index contributed by atoms with van der Waals surface area (Å²) >= 11 is 3.54. The molecular formula is C18H17BrN2O3. The quantitative estimate of drug-likeness (QED) is 0.644. The van der Waals surface area contributed by atoms with Crippen molar-refractivity contribution in [3.63, 3.8) is 0 Å². The van der Waals surface area contributed by atoms with Gasteiger partial charge < -0.3 is 18.5 Å². The van der Waals surface area contributed by atoms with Gasteiger partial charge in [-0.3, -0.25) is 0 Å². The number of furan rings is 1. The number of nitrogens with zero attached hydrogens (tertiary/aromatic N) is 2. The van der Waals surface area contributed by atoms with Crippen LogP contribution in [0.1, 0.15) is 24.6 Å². The molecule has 6 heteroatoms. The van der Waals surface area contributed by atoms with Gasteiger partial charge in [0.1, 0.15) is 11.3 Å². The van der Waals surface area contributed by atoms with Gasteiger partial charge in [0.2, 0.25) is 0 Å². The number of halogens is 1. The van der Waals surface area contributed by atoms with E-state index in [1.165, 1.54) is 0 Å². The van der Waals surface area contributed by atoms with Crippen LogP contribution < -0.4 is 4.90 Å². The minimum absolute atomic E-state index is 0.156. The number of benzene rings is 1. The molecule has 2 aromatic heterocycles. The summed E-state index contributed by atoms with van der Waals surface area (Å²) in [5, 5.41) is 0. The van der Waals surface area contributed by atoms with Crippen LogP contribution in [0, 0.1) is 5.41 Å². The fourth-order valence-electron chi connectivity index (χ4n) is 4.05. The zero-order valence-electron chi connectivity index (χ0n) is 13.1. The topological polar surface area (TPSA) is 51.6 Å². The van der Waals surface area contributed by atoms with Crippen LogP contribution >= 0.6 is 15.9 Å². The normalized spacial score (nSPS) is 22.9. The Morgan fingerprint density at radius 1 is 1.17 bits per heavy atom. The number of aromatic nitrogens is 1. The van der Waals surface area contributed by atoms with Gasteiger partial charge in [-0.05, 0) is 53.0 Å². The highest BCUT2D eigenvalue weighted by molar-refractivity contribution is 9.10. The van der Waals surface area contributed by atoms with Crippen molar-refractivity contribution in [3.8, 4) is 0 Å². The number of para-hydroxylation sites is 1. The van der Waals surface area contributed by atoms with Crippen LogP contribution in [0.3, 0.4) is 0 Å². The second-order valence-electron chi connectivity index (χ2n) is 6.61. The molecule has 1 atom stereocenters. The zero-order valence-corrected chi connectivity index (χ0v) is 14.7. The highest BCUT2D eigenvalue weighted by atomic mass is 79.9. The molecule has 0 bridgehead atoms. The van der Waals surface area contributed by atoms with E-state index in [0.29, 0.717) is 6.01 Å². The Balaban J connectivity index is 1.56. The van der Waals surface area contributed by atoms with Crippen molar-refractivity contribution in [2.24, 2.45) is 5.41 Å². The number of hydrogen-bond donors (Lipinski definition) is 0. The van der Waals surface area contributed by atoms with Gasteiger partial charge in [0.25, 0.3) is 6.01 Å². The van der Waals surface area contributed by atoms with Crippen molar-refractivity contribution < 1.29 is 13.6 Å². The smallest absolute Gasteiger partial charge is 0.299 e. The van der Waals surface area contributed by atoms with Gasteiger partial charge in [0.15, 0.2) is 5.58 Å². The lowest BCUT2D eigenvalue weighted by molar-refractivity contribution is -0.0362. The molecule has 5 nitrogen and oxygen atoms in total. The van der Waals surface area contributed by atoms with E-state index < -0.39 is 0 Å². The largest absolute Gasteiger partial charge is 0.467 e. The zero-order chi connectivity index (χ0) is 16.1. The molecule has 0 N–H and O–H groups in total. The van der Waals surface area contributed by atoms with Gasteiger partial charge in [-0.15, -0.1) is 0 Å². The van der Waals surface area contributed by atoms with E-state index in [1.54, 1.807) is 6.26 Å². The van der Waals surface area contributed by atoms with Gasteiger partial charge in [-0.1, -0.05) is 6.07 Å². The van der Waals surface area contributed by atoms with E-state index in [1.807, 2.05) is 30.3 Å². The molecule has 2 aliphatic rings. The van der Waals surface area contributed by atoms with Gasteiger partial charge in [-0.2, -0.15) is 4.98 Å². The van der Waals surface area contributed by atoms with Gasteiger partial charge >= 0.3 is 0 Å². The van der Waals surface area contributed by atoms with Crippen LogP contribution in [0.5, 0.6) is 0 Å². The monoisotopic (exact) mass is 388 g/mol. The highest BCUT2D eigenvalue weighted by Gasteiger charge is 2.56. The minimum atomic E-state index is 0.156. The number of anilines is 1. The lowest BCUT2D eigenvalue weighted by Crippen LogP contribution is -2.60. The molecule has 24 heavy (non-hydrogen) atoms. The summed E-state index contributed by atoms with van der Waals surface area (Å²) in [6, 6.07) is 10.7. The van der Waals surface area contributed by atoms with Crippen LogP contribution in [-0.4, -0.2) is 24.7 Å². The number of ether oxygens (including phenoxy) is 1. The minimum Gasteiger partial charge on any atom is -0.467 e. The molecule has 2 saturated heterocycles. The molecule has 1 aromatic carbocycles. The summed E-state index contributed by atoms with van der Waals surface area (Å²) in [4.78, 5) is 6.91. The maximum Gasteiger partial charge on any atom is 0.299 e. The van der Waals surface area contributed by atoms with Crippen molar-refractivity contribution in [2.45, 2.75) is 18.9 Å². The van der Waals surface area contributed by atoms with Crippen molar-refractivity contribution in [1.82, 2.24) is 4.98 Å². The van der Waals surface area contributed by atoms with Crippen molar-refractivity contribution in [3.05, 3.63) is 46.8 Å². The Morgan fingerprint density at radius 2 is 2.04 bits per heavy atom. The third-order valence-electron chi connectivity index (χ3n) is 5.28. The molecule has 2 fully saturated rings. The van der Waals surface area contributed by atoms with Crippen LogP contribution in [-0.2, 0) is 4.74 Å². The molecule has 0 amide bonds. The summed E-state index contributed by atoms with van der Waals surface area (Å²) in [6.45, 7) is 2.54. The fourth-order valence-corrected chi connectivity index (χ4v) is 4.49. The second kappa shape index (κ2) is 5.36. The summed E-state index contributed by atoms with van der Waals surface area (Å²) in [5.41, 5.74) is 1.85. The van der Waals surface area contributed by atoms with Crippen LogP contribution in [0.2, 0.25) is 0 Å². The Morgan fingerprint density at radius 3 is 2.79 bits per heavy atom. The van der Waals surface area contributed by atoms with Crippen molar-refractivity contribution in [1.29, 1.82) is 0 Å². The molecule has 5 rings (SSSR count). The third kappa shape index (κ3) is 2.06. The molecule has 1 unspecified atom stereocenters. The second-order valence-corrected chi connectivity index (χ2v) is 7.46. The summed E-state index contributed by atoms with van der Waals surface area (Å²) < 4.78 is 18.3. The number of hydrogen-bond acceptors (Lipinski definition) is 5. The van der Waals surface area contributed by atoms with E-state index in [-0.39, 0.29) is 11.5 Å². The van der Waals surface area contributed by atoms with E-state index in [2.05, 4.69) is 20.8 Å². The first-order valence-corrected chi connectivity index (χ1v) is 8.99. The first kappa shape index (κ1) is 14.5. The van der Waals surface area contributed by atoms with Gasteiger partial charge in [0, 0.05) is 25.2 Å². The summed E-state index contributed by atoms with van der Waals surface area (Å²) in [5.74, 6) is 0.976. The molecule has 124 valence electrons. The molecule has 0 aliphatic carbocycles. The van der Waals surface area contributed by atoms with Crippen molar-refractivity contribution >= 4 is 33.0 Å². The predicted octanol–water partition coefficient (Wildman–Crippen LogP) is 4.54. The molecular weight excluding hydrogens is 372 g/mol. The van der Waals surface area contributed by atoms with Crippen molar-refractivity contribution in [2.75, 3.05) is 24.7 Å². The number of fused-ring (bicyclic) bond motifs is 1. The first-order chi connectivity index (χ1) is 11.8. The molecule has 2 aliphatic heterocycles. The van der Waals surface area contributed by atoms with Gasteiger partial charge in [-0.25, -0.2) is 0 Å². The van der Waals surface area contributed by atoms with Gasteiger partial charge in [0.05, 0.1) is 16.8 Å². The lowest BCUT2D eigenvalue weighted by atomic mass is 9.65. The average molecular weight is 389 g/mol. The number of oxazole rings is 1. The molecule has 4 heterocycles. The Labute approximate surface area is 147 Å². The van der Waals surface area contributed by atoms with E-state index in [9.17, 15) is 0 Å². The van der Waals surface area contributed by atoms with E-state index in [4.69, 9.17) is 18.6 Å². The maximum absolute atomic E-state index is 6.06. The maximum atomic E-state index is 6.06. The highest BCUT2D eigenvalue weighted by Crippen LogP contribution is 2.56. The Kier molecular flexibility index (Phi) is 3.25. The summed E-state index contributed by atoms with van der Waals surface area (Å²) in [7, 11) is 0. The molecule has 0 radical (unpaired) electrons. The first-order valence-electron chi connectivity index (χ1n) is 8.20. The molecule has 1 spiro atoms. The van der Waals surface area contributed by atoms with E-state index in [0.717, 1.165) is 53.9 Å². The molecule has 0 saturated carbocycles. The van der Waals surface area contributed by atoms with E-state index >= 15 is 0 Å².